The van der Waals surface area contributed by atoms with Gasteiger partial charge in [0.25, 0.3) is 0 Å². The first-order valence-corrected chi connectivity index (χ1v) is 14.2. The highest BCUT2D eigenvalue weighted by Gasteiger charge is 2.28. The lowest BCUT2D eigenvalue weighted by atomic mass is 9.85. The van der Waals surface area contributed by atoms with Crippen molar-refractivity contribution in [1.29, 1.82) is 0 Å². The van der Waals surface area contributed by atoms with E-state index >= 15 is 0 Å². The topological polar surface area (TPSA) is 13.1 Å². The van der Waals surface area contributed by atoms with Crippen LogP contribution < -0.4 is 0 Å². The maximum absolute atomic E-state index is 7.15. The number of allylic oxidation sites excluding steroid dienone is 1. The van der Waals surface area contributed by atoms with Crippen LogP contribution >= 0.6 is 0 Å². The van der Waals surface area contributed by atoms with E-state index in [9.17, 15) is 0 Å². The monoisotopic (exact) mass is 522 g/mol. The first-order valence-electron chi connectivity index (χ1n) is 14.2. The molecule has 1 heteroatoms. The molecule has 0 N–H and O–H groups in total. The van der Waals surface area contributed by atoms with Gasteiger partial charge in [0, 0.05) is 33.4 Å². The number of fused-ring (bicyclic) bond motifs is 4. The Kier molecular flexibility index (Phi) is 5.57. The average molecular weight is 523 g/mol. The largest absolute Gasteiger partial charge is 0.455 e. The molecule has 0 saturated carbocycles. The van der Waals surface area contributed by atoms with Gasteiger partial charge >= 0.3 is 0 Å². The van der Waals surface area contributed by atoms with Gasteiger partial charge in [-0.2, -0.15) is 0 Å². The van der Waals surface area contributed by atoms with Gasteiger partial charge in [-0.15, -0.1) is 0 Å². The Hall–Kier alpha value is -5.32. The van der Waals surface area contributed by atoms with Crippen LogP contribution in [0.15, 0.2) is 132 Å². The molecule has 0 unspecified atom stereocenters. The summed E-state index contributed by atoms with van der Waals surface area (Å²) in [7, 11) is 0. The van der Waals surface area contributed by atoms with Crippen molar-refractivity contribution in [3.8, 4) is 44.9 Å². The van der Waals surface area contributed by atoms with Gasteiger partial charge in [0.05, 0.1) is 0 Å². The molecular weight excluding hydrogens is 496 g/mol. The Morgan fingerprint density at radius 2 is 1.22 bits per heavy atom. The molecule has 1 aliphatic carbocycles. The predicted molar refractivity (Wildman–Crippen MR) is 170 cm³/mol. The minimum atomic E-state index is 0.928. The Balaban J connectivity index is 1.50. The third kappa shape index (κ3) is 3.80. The molecule has 1 heterocycles. The molecule has 0 spiro atoms. The second kappa shape index (κ2) is 9.70. The summed E-state index contributed by atoms with van der Waals surface area (Å²) >= 11 is 0. The van der Waals surface area contributed by atoms with Crippen molar-refractivity contribution in [3.63, 3.8) is 0 Å². The van der Waals surface area contributed by atoms with Crippen LogP contribution in [0.1, 0.15) is 17.5 Å². The second-order valence-corrected chi connectivity index (χ2v) is 10.6. The second-order valence-electron chi connectivity index (χ2n) is 10.6. The molecule has 1 aliphatic rings. The van der Waals surface area contributed by atoms with E-state index in [4.69, 9.17) is 4.42 Å². The molecule has 0 bridgehead atoms. The highest BCUT2D eigenvalue weighted by molar-refractivity contribution is 6.21. The summed E-state index contributed by atoms with van der Waals surface area (Å²) < 4.78 is 7.15. The molecule has 0 radical (unpaired) electrons. The smallest absolute Gasteiger partial charge is 0.142 e. The molecule has 0 amide bonds. The number of furan rings is 1. The molecule has 41 heavy (non-hydrogen) atoms. The van der Waals surface area contributed by atoms with E-state index in [2.05, 4.69) is 133 Å². The molecule has 6 aromatic carbocycles. The Labute approximate surface area is 240 Å². The zero-order chi connectivity index (χ0) is 27.2. The van der Waals surface area contributed by atoms with E-state index < -0.39 is 0 Å². The van der Waals surface area contributed by atoms with Crippen LogP contribution in [0, 0.1) is 12.1 Å². The molecule has 0 saturated heterocycles. The zero-order valence-corrected chi connectivity index (χ0v) is 22.5. The Morgan fingerprint density at radius 1 is 0.561 bits per heavy atom. The van der Waals surface area contributed by atoms with Gasteiger partial charge in [-0.3, -0.25) is 0 Å². The number of rotatable bonds is 4. The van der Waals surface area contributed by atoms with E-state index in [0.29, 0.717) is 0 Å². The molecule has 8 rings (SSSR count). The summed E-state index contributed by atoms with van der Waals surface area (Å²) in [5.41, 5.74) is 9.21. The van der Waals surface area contributed by atoms with Gasteiger partial charge in [0.15, 0.2) is 0 Å². The van der Waals surface area contributed by atoms with E-state index in [1.54, 1.807) is 0 Å². The first kappa shape index (κ1) is 23.6. The summed E-state index contributed by atoms with van der Waals surface area (Å²) in [6.45, 7) is 0. The zero-order valence-electron chi connectivity index (χ0n) is 22.5. The molecule has 192 valence electrons. The van der Waals surface area contributed by atoms with Crippen LogP contribution in [-0.2, 0) is 6.42 Å². The summed E-state index contributed by atoms with van der Waals surface area (Å²) in [6, 6.07) is 49.3. The van der Waals surface area contributed by atoms with Crippen molar-refractivity contribution in [2.24, 2.45) is 0 Å². The average Bonchev–Trinajstić information content (AvgIpc) is 3.44. The van der Waals surface area contributed by atoms with Crippen LogP contribution in [-0.4, -0.2) is 0 Å². The fraction of sp³-hybridized carbons (Fsp3) is 0.0500. The fourth-order valence-electron chi connectivity index (χ4n) is 6.44. The Bertz CT molecular complexity index is 2080. The van der Waals surface area contributed by atoms with E-state index in [-0.39, 0.29) is 0 Å². The highest BCUT2D eigenvalue weighted by atomic mass is 16.3. The fourth-order valence-corrected chi connectivity index (χ4v) is 6.44. The third-order valence-electron chi connectivity index (χ3n) is 8.23. The minimum Gasteiger partial charge on any atom is -0.455 e. The minimum absolute atomic E-state index is 0.928. The Morgan fingerprint density at radius 3 is 1.95 bits per heavy atom. The molecule has 0 aliphatic heterocycles. The van der Waals surface area contributed by atoms with Gasteiger partial charge in [-0.05, 0) is 57.6 Å². The van der Waals surface area contributed by atoms with Crippen LogP contribution in [0.3, 0.4) is 0 Å². The van der Waals surface area contributed by atoms with Crippen molar-refractivity contribution >= 4 is 27.6 Å². The van der Waals surface area contributed by atoms with Crippen LogP contribution in [0.2, 0.25) is 0 Å². The molecule has 0 fully saturated rings. The molecule has 1 aromatic heterocycles. The number of hydrogen-bond acceptors (Lipinski definition) is 1. The number of benzene rings is 5. The summed E-state index contributed by atoms with van der Waals surface area (Å²) in [5, 5.41) is 4.84. The lowest BCUT2D eigenvalue weighted by molar-refractivity contribution is 0.595. The maximum Gasteiger partial charge on any atom is 0.142 e. The standard InChI is InChI=1S/C40H26O/c1-3-15-27(16-4-1)29-19-7-12-24-34(29)39-35-25-13-14-26-36(35)40(41-39)38-33-23-11-9-21-31(33)30-20-8-10-22-32(30)37(38)28-17-5-2-6-18-28/h1-5,7-13,15-17,19-25H,14,26H2. The maximum atomic E-state index is 7.15. The van der Waals surface area contributed by atoms with Crippen molar-refractivity contribution in [3.05, 3.63) is 151 Å². The van der Waals surface area contributed by atoms with E-state index in [0.717, 1.165) is 46.6 Å². The van der Waals surface area contributed by atoms with Gasteiger partial charge in [0.1, 0.15) is 11.5 Å². The summed E-state index contributed by atoms with van der Waals surface area (Å²) in [4.78, 5) is 0. The summed E-state index contributed by atoms with van der Waals surface area (Å²) in [5.74, 6) is 1.88. The quantitative estimate of drug-likeness (QED) is 0.210. The summed E-state index contributed by atoms with van der Waals surface area (Å²) in [6.07, 6.45) is 6.46. The van der Waals surface area contributed by atoms with Gasteiger partial charge in [-0.1, -0.05) is 133 Å². The van der Waals surface area contributed by atoms with Gasteiger partial charge in [0.2, 0.25) is 0 Å². The molecule has 1 nitrogen and oxygen atoms in total. The van der Waals surface area contributed by atoms with Crippen molar-refractivity contribution in [2.45, 2.75) is 12.8 Å². The molecule has 7 aromatic rings. The highest BCUT2D eigenvalue weighted by Crippen LogP contribution is 2.50. The predicted octanol–water partition coefficient (Wildman–Crippen LogP) is 10.8. The molecule has 0 atom stereocenters. The van der Waals surface area contributed by atoms with Gasteiger partial charge in [-0.25, -0.2) is 0 Å². The molecular formula is C40H26O. The number of hydrogen-bond donors (Lipinski definition) is 0. The van der Waals surface area contributed by atoms with Crippen molar-refractivity contribution in [1.82, 2.24) is 0 Å². The normalized spacial score (nSPS) is 12.4. The van der Waals surface area contributed by atoms with Gasteiger partial charge < -0.3 is 4.42 Å². The SMILES string of the molecule is c1cccc(-c2c(-c3oc(-c4ccccc4-c4ccccc4)c4c3CCC=C4)c3ccccc3c3ccccc23)c#1. The van der Waals surface area contributed by atoms with Crippen LogP contribution in [0.25, 0.3) is 72.5 Å². The van der Waals surface area contributed by atoms with Crippen molar-refractivity contribution < 1.29 is 4.42 Å². The van der Waals surface area contributed by atoms with E-state index in [1.165, 1.54) is 43.8 Å². The van der Waals surface area contributed by atoms with Crippen LogP contribution in [0.4, 0.5) is 0 Å². The van der Waals surface area contributed by atoms with Crippen molar-refractivity contribution in [2.75, 3.05) is 0 Å². The van der Waals surface area contributed by atoms with Crippen LogP contribution in [0.5, 0.6) is 0 Å². The third-order valence-corrected chi connectivity index (χ3v) is 8.23. The first-order chi connectivity index (χ1) is 20.4. The van der Waals surface area contributed by atoms with E-state index in [1.807, 2.05) is 12.1 Å². The lowest BCUT2D eigenvalue weighted by Gasteiger charge is -2.17. The lowest BCUT2D eigenvalue weighted by Crippen LogP contribution is -1.96.